The van der Waals surface area contributed by atoms with Crippen LogP contribution in [-0.4, -0.2) is 35.0 Å². The van der Waals surface area contributed by atoms with Gasteiger partial charge in [-0.2, -0.15) is 18.2 Å². The zero-order valence-electron chi connectivity index (χ0n) is 17.7. The lowest BCUT2D eigenvalue weighted by atomic mass is 9.95. The highest BCUT2D eigenvalue weighted by Gasteiger charge is 2.34. The monoisotopic (exact) mass is 451 g/mol. The standard InChI is InChI=1S/C22H25F4N5O/c1-13(32)27-15-5-4-10-31(12-15)20-16-6-2-3-7-19(16)29-21(30-20)28-14-8-9-18(23)17(11-14)22(24,25)26/h8-9,11,15H,2-7,10,12H2,1H3,(H,27,32)(H,28,29,30). The fourth-order valence-corrected chi connectivity index (χ4v) is 4.42. The van der Waals surface area contributed by atoms with Gasteiger partial charge in [0.2, 0.25) is 11.9 Å². The first kappa shape index (κ1) is 22.3. The fraction of sp³-hybridized carbons (Fsp3) is 0.500. The Balaban J connectivity index is 1.65. The summed E-state index contributed by atoms with van der Waals surface area (Å²) in [5, 5.41) is 5.79. The van der Waals surface area contributed by atoms with Gasteiger partial charge in [-0.1, -0.05) is 0 Å². The minimum Gasteiger partial charge on any atom is -0.354 e. The Morgan fingerprint density at radius 3 is 2.69 bits per heavy atom. The van der Waals surface area contributed by atoms with Crippen LogP contribution in [-0.2, 0) is 23.8 Å². The van der Waals surface area contributed by atoms with Crippen LogP contribution in [0.25, 0.3) is 0 Å². The molecule has 0 saturated carbocycles. The number of aromatic nitrogens is 2. The number of aryl methyl sites for hydroxylation is 1. The van der Waals surface area contributed by atoms with Crippen LogP contribution in [0.1, 0.15) is 49.4 Å². The number of fused-ring (bicyclic) bond motifs is 1. The Labute approximate surface area is 183 Å². The molecule has 1 aliphatic carbocycles. The number of rotatable bonds is 4. The molecule has 1 fully saturated rings. The molecule has 32 heavy (non-hydrogen) atoms. The van der Waals surface area contributed by atoms with Gasteiger partial charge in [-0.3, -0.25) is 4.79 Å². The molecule has 2 aliphatic rings. The van der Waals surface area contributed by atoms with Crippen molar-refractivity contribution < 1.29 is 22.4 Å². The molecule has 1 aromatic carbocycles. The van der Waals surface area contributed by atoms with E-state index in [4.69, 9.17) is 0 Å². The first-order valence-electron chi connectivity index (χ1n) is 10.8. The van der Waals surface area contributed by atoms with Crippen LogP contribution >= 0.6 is 0 Å². The van der Waals surface area contributed by atoms with Gasteiger partial charge in [0.1, 0.15) is 11.6 Å². The van der Waals surface area contributed by atoms with Gasteiger partial charge in [0.15, 0.2) is 0 Å². The lowest BCUT2D eigenvalue weighted by Gasteiger charge is -2.36. The van der Waals surface area contributed by atoms with Crippen LogP contribution in [0.4, 0.5) is 35.0 Å². The highest BCUT2D eigenvalue weighted by molar-refractivity contribution is 5.73. The van der Waals surface area contributed by atoms with Crippen molar-refractivity contribution in [2.75, 3.05) is 23.3 Å². The van der Waals surface area contributed by atoms with Crippen molar-refractivity contribution in [2.24, 2.45) is 0 Å². The smallest absolute Gasteiger partial charge is 0.354 e. The molecule has 1 unspecified atom stereocenters. The second kappa shape index (κ2) is 8.91. The van der Waals surface area contributed by atoms with Crippen molar-refractivity contribution >= 4 is 23.4 Å². The lowest BCUT2D eigenvalue weighted by molar-refractivity contribution is -0.140. The molecule has 0 spiro atoms. The summed E-state index contributed by atoms with van der Waals surface area (Å²) in [6, 6.07) is 2.76. The third kappa shape index (κ3) is 4.94. The topological polar surface area (TPSA) is 70.2 Å². The molecule has 0 radical (unpaired) electrons. The normalized spacial score (nSPS) is 18.8. The Bertz CT molecular complexity index is 1010. The molecule has 1 atom stereocenters. The van der Waals surface area contributed by atoms with Crippen LogP contribution in [0.5, 0.6) is 0 Å². The molecular weight excluding hydrogens is 426 g/mol. The quantitative estimate of drug-likeness (QED) is 0.676. The number of piperidine rings is 1. The summed E-state index contributed by atoms with van der Waals surface area (Å²) in [4.78, 5) is 22.8. The van der Waals surface area contributed by atoms with E-state index in [9.17, 15) is 22.4 Å². The summed E-state index contributed by atoms with van der Waals surface area (Å²) in [5.41, 5.74) is 0.661. The van der Waals surface area contributed by atoms with E-state index in [1.54, 1.807) is 0 Å². The van der Waals surface area contributed by atoms with Gasteiger partial charge < -0.3 is 15.5 Å². The van der Waals surface area contributed by atoms with E-state index in [1.165, 1.54) is 13.0 Å². The average Bonchev–Trinajstić information content (AvgIpc) is 2.73. The van der Waals surface area contributed by atoms with Crippen molar-refractivity contribution in [3.8, 4) is 0 Å². The van der Waals surface area contributed by atoms with Crippen LogP contribution in [0.3, 0.4) is 0 Å². The van der Waals surface area contributed by atoms with Crippen LogP contribution in [0, 0.1) is 5.82 Å². The Morgan fingerprint density at radius 2 is 1.94 bits per heavy atom. The van der Waals surface area contributed by atoms with Crippen LogP contribution in [0.15, 0.2) is 18.2 Å². The van der Waals surface area contributed by atoms with E-state index in [0.717, 1.165) is 74.3 Å². The number of hydrogen-bond donors (Lipinski definition) is 2. The van der Waals surface area contributed by atoms with Crippen molar-refractivity contribution in [1.82, 2.24) is 15.3 Å². The Kier molecular flexibility index (Phi) is 6.21. The summed E-state index contributed by atoms with van der Waals surface area (Å²) >= 11 is 0. The third-order valence-electron chi connectivity index (χ3n) is 5.82. The number of halogens is 4. The van der Waals surface area contributed by atoms with Gasteiger partial charge in [-0.05, 0) is 56.7 Å². The molecule has 1 amide bonds. The number of carbonyl (C=O) groups excluding carboxylic acids is 1. The zero-order chi connectivity index (χ0) is 22.9. The van der Waals surface area contributed by atoms with Crippen molar-refractivity contribution in [3.05, 3.63) is 40.8 Å². The maximum atomic E-state index is 13.6. The second-order valence-corrected chi connectivity index (χ2v) is 8.31. The molecule has 2 aromatic rings. The number of amides is 1. The average molecular weight is 451 g/mol. The highest BCUT2D eigenvalue weighted by Crippen LogP contribution is 2.35. The maximum Gasteiger partial charge on any atom is 0.419 e. The van der Waals surface area contributed by atoms with E-state index in [0.29, 0.717) is 6.54 Å². The van der Waals surface area contributed by atoms with Crippen LogP contribution < -0.4 is 15.5 Å². The molecular formula is C22H25F4N5O. The molecule has 2 heterocycles. The summed E-state index contributed by atoms with van der Waals surface area (Å²) in [6.07, 6.45) is 0.568. The number of carbonyl (C=O) groups is 1. The van der Waals surface area contributed by atoms with E-state index < -0.39 is 17.6 Å². The van der Waals surface area contributed by atoms with Crippen molar-refractivity contribution in [1.29, 1.82) is 0 Å². The Hall–Kier alpha value is -2.91. The van der Waals surface area contributed by atoms with E-state index in [1.807, 2.05) is 0 Å². The molecule has 1 saturated heterocycles. The van der Waals surface area contributed by atoms with Crippen LogP contribution in [0.2, 0.25) is 0 Å². The molecule has 1 aromatic heterocycles. The summed E-state index contributed by atoms with van der Waals surface area (Å²) in [7, 11) is 0. The van der Waals surface area contributed by atoms with Gasteiger partial charge in [0.25, 0.3) is 0 Å². The third-order valence-corrected chi connectivity index (χ3v) is 5.82. The number of alkyl halides is 3. The number of nitrogens with zero attached hydrogens (tertiary/aromatic N) is 3. The zero-order valence-corrected chi connectivity index (χ0v) is 17.7. The number of benzene rings is 1. The fourth-order valence-electron chi connectivity index (χ4n) is 4.42. The Morgan fingerprint density at radius 1 is 1.16 bits per heavy atom. The highest BCUT2D eigenvalue weighted by atomic mass is 19.4. The van der Waals surface area contributed by atoms with Crippen molar-refractivity contribution in [2.45, 2.75) is 57.7 Å². The minimum atomic E-state index is -4.80. The molecule has 4 rings (SSSR count). The number of nitrogens with one attached hydrogen (secondary N) is 2. The van der Waals surface area contributed by atoms with Gasteiger partial charge in [0.05, 0.1) is 11.3 Å². The molecule has 172 valence electrons. The minimum absolute atomic E-state index is 0.0123. The summed E-state index contributed by atoms with van der Waals surface area (Å²) in [5.74, 6) is -0.472. The first-order valence-corrected chi connectivity index (χ1v) is 10.8. The maximum absolute atomic E-state index is 13.6. The lowest BCUT2D eigenvalue weighted by Crippen LogP contribution is -2.48. The molecule has 10 heteroatoms. The van der Waals surface area contributed by atoms with Gasteiger partial charge in [0, 0.05) is 37.3 Å². The van der Waals surface area contributed by atoms with E-state index in [2.05, 4.69) is 25.5 Å². The van der Waals surface area contributed by atoms with Gasteiger partial charge in [-0.25, -0.2) is 9.37 Å². The van der Waals surface area contributed by atoms with Gasteiger partial charge in [-0.15, -0.1) is 0 Å². The molecule has 0 bridgehead atoms. The summed E-state index contributed by atoms with van der Waals surface area (Å²) in [6.45, 7) is 2.87. The number of hydrogen-bond acceptors (Lipinski definition) is 5. The first-order chi connectivity index (χ1) is 15.2. The second-order valence-electron chi connectivity index (χ2n) is 8.31. The molecule has 1 aliphatic heterocycles. The summed E-state index contributed by atoms with van der Waals surface area (Å²) < 4.78 is 52.9. The van der Waals surface area contributed by atoms with Gasteiger partial charge >= 0.3 is 6.18 Å². The van der Waals surface area contributed by atoms with E-state index >= 15 is 0 Å². The van der Waals surface area contributed by atoms with E-state index in [-0.39, 0.29) is 23.6 Å². The molecule has 6 nitrogen and oxygen atoms in total. The molecule has 2 N–H and O–H groups in total. The predicted octanol–water partition coefficient (Wildman–Crippen LogP) is 4.36. The SMILES string of the molecule is CC(=O)NC1CCCN(c2nc(Nc3ccc(F)c(C(F)(F)F)c3)nc3c2CCCC3)C1. The largest absolute Gasteiger partial charge is 0.419 e. The predicted molar refractivity (Wildman–Crippen MR) is 112 cm³/mol. The van der Waals surface area contributed by atoms with Crippen molar-refractivity contribution in [3.63, 3.8) is 0 Å². The number of anilines is 3.